The number of aromatic nitrogens is 1. The number of H-pyrrole nitrogens is 1. The molecule has 1 aromatic heterocycles. The fourth-order valence-corrected chi connectivity index (χ4v) is 4.76. The van der Waals surface area contributed by atoms with Crippen molar-refractivity contribution in [2.24, 2.45) is 0 Å². The number of para-hydroxylation sites is 1. The summed E-state index contributed by atoms with van der Waals surface area (Å²) >= 11 is 0. The van der Waals surface area contributed by atoms with Crippen molar-refractivity contribution in [1.29, 1.82) is 0 Å². The first-order valence-electron chi connectivity index (χ1n) is 11.0. The average Bonchev–Trinajstić information content (AvgIpc) is 3.36. The smallest absolute Gasteiger partial charge is 0.407 e. The summed E-state index contributed by atoms with van der Waals surface area (Å²) in [4.78, 5) is 27.3. The lowest BCUT2D eigenvalue weighted by atomic mass is 9.98. The molecule has 0 aliphatic heterocycles. The molecule has 0 radical (unpaired) electrons. The highest BCUT2D eigenvalue weighted by Gasteiger charge is 2.29. The molecular formula is C27H24N2O4. The predicted octanol–water partition coefficient (Wildman–Crippen LogP) is 5.09. The molecular weight excluding hydrogens is 416 g/mol. The molecule has 0 saturated heterocycles. The lowest BCUT2D eigenvalue weighted by molar-refractivity contribution is -0.137. The number of aliphatic carboxylic acids is 1. The zero-order valence-corrected chi connectivity index (χ0v) is 18.0. The summed E-state index contributed by atoms with van der Waals surface area (Å²) < 4.78 is 5.61. The Kier molecular flexibility index (Phi) is 5.57. The van der Waals surface area contributed by atoms with Gasteiger partial charge in [0.15, 0.2) is 0 Å². The third-order valence-electron chi connectivity index (χ3n) is 6.23. The minimum absolute atomic E-state index is 0.0466. The minimum atomic E-state index is -0.973. The van der Waals surface area contributed by atoms with Crippen LogP contribution in [0.15, 0.2) is 79.0 Å². The number of nitrogens with one attached hydrogen (secondary N) is 2. The van der Waals surface area contributed by atoms with Crippen molar-refractivity contribution in [3.63, 3.8) is 0 Å². The molecule has 0 unspecified atom stereocenters. The van der Waals surface area contributed by atoms with Gasteiger partial charge in [0.1, 0.15) is 6.61 Å². The molecule has 1 atom stereocenters. The normalized spacial score (nSPS) is 13.3. The average molecular weight is 440 g/mol. The molecule has 1 amide bonds. The third-order valence-corrected chi connectivity index (χ3v) is 6.23. The second-order valence-corrected chi connectivity index (χ2v) is 8.33. The SMILES string of the molecule is O=C(O)C[C@H](Cc1c[nH]c2ccccc12)NC(=O)OCC1c2ccccc2-c2ccccc21. The maximum Gasteiger partial charge on any atom is 0.407 e. The standard InChI is InChI=1S/C27H24N2O4/c30-26(31)14-18(13-17-15-28-25-12-6-5-7-19(17)25)29-27(32)33-16-24-22-10-3-1-8-20(22)21-9-2-4-11-23(21)24/h1-12,15,18,24,28H,13-14,16H2,(H,29,32)(H,30,31)/t18-/m0/s1. The highest BCUT2D eigenvalue weighted by Crippen LogP contribution is 2.44. The zero-order chi connectivity index (χ0) is 22.8. The quantitative estimate of drug-likeness (QED) is 0.373. The Morgan fingerprint density at radius 1 is 0.939 bits per heavy atom. The van der Waals surface area contributed by atoms with E-state index in [4.69, 9.17) is 4.74 Å². The number of hydrogen-bond donors (Lipinski definition) is 3. The molecule has 4 aromatic rings. The lowest BCUT2D eigenvalue weighted by Crippen LogP contribution is -2.38. The van der Waals surface area contributed by atoms with Crippen molar-refractivity contribution in [3.8, 4) is 11.1 Å². The van der Waals surface area contributed by atoms with E-state index < -0.39 is 18.1 Å². The Morgan fingerprint density at radius 2 is 1.58 bits per heavy atom. The van der Waals surface area contributed by atoms with E-state index in [1.165, 1.54) is 0 Å². The maximum absolute atomic E-state index is 12.7. The largest absolute Gasteiger partial charge is 0.481 e. The van der Waals surface area contributed by atoms with Crippen LogP contribution in [-0.4, -0.2) is 34.8 Å². The number of rotatable bonds is 7. The molecule has 1 aliphatic carbocycles. The van der Waals surface area contributed by atoms with Gasteiger partial charge in [0.05, 0.1) is 6.42 Å². The molecule has 0 fully saturated rings. The molecule has 6 nitrogen and oxygen atoms in total. The van der Waals surface area contributed by atoms with Crippen LogP contribution in [0.4, 0.5) is 4.79 Å². The number of alkyl carbamates (subject to hydrolysis) is 1. The van der Waals surface area contributed by atoms with Crippen molar-refractivity contribution in [1.82, 2.24) is 10.3 Å². The highest BCUT2D eigenvalue weighted by molar-refractivity contribution is 5.83. The van der Waals surface area contributed by atoms with Crippen molar-refractivity contribution in [2.75, 3.05) is 6.61 Å². The van der Waals surface area contributed by atoms with Gasteiger partial charge in [0.2, 0.25) is 0 Å². The van der Waals surface area contributed by atoms with E-state index in [2.05, 4.69) is 34.6 Å². The van der Waals surface area contributed by atoms with Gasteiger partial charge in [-0.2, -0.15) is 0 Å². The summed E-state index contributed by atoms with van der Waals surface area (Å²) in [5.41, 5.74) is 6.51. The van der Waals surface area contributed by atoms with Crippen LogP contribution in [0.25, 0.3) is 22.0 Å². The Bertz CT molecular complexity index is 1280. The van der Waals surface area contributed by atoms with Gasteiger partial charge in [-0.25, -0.2) is 4.79 Å². The fourth-order valence-electron chi connectivity index (χ4n) is 4.76. The van der Waals surface area contributed by atoms with Gasteiger partial charge in [-0.3, -0.25) is 4.79 Å². The second kappa shape index (κ2) is 8.82. The number of hydrogen-bond acceptors (Lipinski definition) is 3. The van der Waals surface area contributed by atoms with E-state index in [1.54, 1.807) is 0 Å². The minimum Gasteiger partial charge on any atom is -0.481 e. The first kappa shape index (κ1) is 20.8. The topological polar surface area (TPSA) is 91.4 Å². The van der Waals surface area contributed by atoms with E-state index in [0.717, 1.165) is 38.7 Å². The zero-order valence-electron chi connectivity index (χ0n) is 18.0. The number of benzene rings is 3. The molecule has 1 aliphatic rings. The molecule has 166 valence electrons. The van der Waals surface area contributed by atoms with E-state index >= 15 is 0 Å². The molecule has 6 heteroatoms. The van der Waals surface area contributed by atoms with Crippen LogP contribution in [0.1, 0.15) is 29.0 Å². The van der Waals surface area contributed by atoms with E-state index in [0.29, 0.717) is 6.42 Å². The number of carbonyl (C=O) groups is 2. The number of amides is 1. The summed E-state index contributed by atoms with van der Waals surface area (Å²) in [5, 5.41) is 13.1. The molecule has 3 aromatic carbocycles. The molecule has 0 spiro atoms. The van der Waals surface area contributed by atoms with Crippen LogP contribution >= 0.6 is 0 Å². The van der Waals surface area contributed by atoms with Gasteiger partial charge in [0.25, 0.3) is 0 Å². The summed E-state index contributed by atoms with van der Waals surface area (Å²) in [6, 6.07) is 23.5. The first-order valence-corrected chi connectivity index (χ1v) is 11.0. The van der Waals surface area contributed by atoms with E-state index in [-0.39, 0.29) is 18.9 Å². The molecule has 1 heterocycles. The van der Waals surface area contributed by atoms with Gasteiger partial charge >= 0.3 is 12.1 Å². The Hall–Kier alpha value is -4.06. The lowest BCUT2D eigenvalue weighted by Gasteiger charge is -2.19. The van der Waals surface area contributed by atoms with Crippen molar-refractivity contribution >= 4 is 23.0 Å². The molecule has 33 heavy (non-hydrogen) atoms. The monoisotopic (exact) mass is 440 g/mol. The van der Waals surface area contributed by atoms with E-state index in [1.807, 2.05) is 54.7 Å². The molecule has 3 N–H and O–H groups in total. The second-order valence-electron chi connectivity index (χ2n) is 8.33. The Labute approximate surface area is 191 Å². The van der Waals surface area contributed by atoms with Crippen LogP contribution < -0.4 is 5.32 Å². The summed E-state index contributed by atoms with van der Waals surface area (Å²) in [6.45, 7) is 0.187. The Morgan fingerprint density at radius 3 is 2.27 bits per heavy atom. The Balaban J connectivity index is 1.28. The summed E-state index contributed by atoms with van der Waals surface area (Å²) in [7, 11) is 0. The number of carboxylic acids is 1. The van der Waals surface area contributed by atoms with Crippen LogP contribution in [0.5, 0.6) is 0 Å². The number of fused-ring (bicyclic) bond motifs is 4. The van der Waals surface area contributed by atoms with Gasteiger partial charge in [0, 0.05) is 29.1 Å². The molecule has 0 saturated carbocycles. The van der Waals surface area contributed by atoms with Gasteiger partial charge < -0.3 is 20.1 Å². The van der Waals surface area contributed by atoms with Crippen LogP contribution in [0.2, 0.25) is 0 Å². The summed E-state index contributed by atoms with van der Waals surface area (Å²) in [5.74, 6) is -1.02. The van der Waals surface area contributed by atoms with Crippen molar-refractivity contribution < 1.29 is 19.4 Å². The van der Waals surface area contributed by atoms with Crippen LogP contribution in [0.3, 0.4) is 0 Å². The van der Waals surface area contributed by atoms with Crippen LogP contribution in [-0.2, 0) is 16.0 Å². The third kappa shape index (κ3) is 4.20. The number of aromatic amines is 1. The van der Waals surface area contributed by atoms with Crippen LogP contribution in [0, 0.1) is 0 Å². The molecule has 5 rings (SSSR count). The van der Waals surface area contributed by atoms with Gasteiger partial charge in [-0.05, 0) is 40.3 Å². The van der Waals surface area contributed by atoms with Gasteiger partial charge in [-0.1, -0.05) is 66.7 Å². The van der Waals surface area contributed by atoms with Crippen molar-refractivity contribution in [2.45, 2.75) is 24.8 Å². The van der Waals surface area contributed by atoms with Gasteiger partial charge in [-0.15, -0.1) is 0 Å². The van der Waals surface area contributed by atoms with E-state index in [9.17, 15) is 14.7 Å². The molecule has 0 bridgehead atoms. The summed E-state index contributed by atoms with van der Waals surface area (Å²) in [6.07, 6.45) is 1.45. The highest BCUT2D eigenvalue weighted by atomic mass is 16.5. The fraction of sp³-hybridized carbons (Fsp3) is 0.185. The predicted molar refractivity (Wildman–Crippen MR) is 126 cm³/mol. The maximum atomic E-state index is 12.7. The first-order chi connectivity index (χ1) is 16.1. The number of ether oxygens (including phenoxy) is 1. The van der Waals surface area contributed by atoms with Crippen molar-refractivity contribution in [3.05, 3.63) is 95.7 Å². The number of carbonyl (C=O) groups excluding carboxylic acids is 1. The number of carboxylic acid groups (broad SMARTS) is 1.